The van der Waals surface area contributed by atoms with Crippen molar-refractivity contribution in [1.82, 2.24) is 14.8 Å². The number of amides is 2. The zero-order valence-electron chi connectivity index (χ0n) is 21.8. The summed E-state index contributed by atoms with van der Waals surface area (Å²) in [6.07, 6.45) is 2.97. The summed E-state index contributed by atoms with van der Waals surface area (Å²) >= 11 is 0. The Labute approximate surface area is 232 Å². The standard InChI is InChI=1S/C30H28N4O5S/c1-3-22-19-33(29(36)21-8-5-4-6-9-21)16-17-34(22)30(37)28(35)25-18-31-27-24(25)10-7-11-26(27)32-40(38,39)23-14-12-20(2)13-15-23/h3-15,18,22,31-32H,1,16-17,19H2,2H3. The number of rotatable bonds is 7. The van der Waals surface area contributed by atoms with E-state index in [2.05, 4.69) is 16.3 Å². The minimum Gasteiger partial charge on any atom is -0.359 e. The van der Waals surface area contributed by atoms with Crippen LogP contribution in [0.2, 0.25) is 0 Å². The molecule has 1 atom stereocenters. The number of para-hydroxylation sites is 1. The van der Waals surface area contributed by atoms with E-state index in [0.717, 1.165) is 5.56 Å². The van der Waals surface area contributed by atoms with Crippen LogP contribution in [0.15, 0.2) is 96.5 Å². The smallest absolute Gasteiger partial charge is 0.295 e. The number of sulfonamides is 1. The number of hydrogen-bond donors (Lipinski definition) is 2. The molecule has 204 valence electrons. The summed E-state index contributed by atoms with van der Waals surface area (Å²) in [4.78, 5) is 45.8. The molecule has 1 aromatic heterocycles. The zero-order chi connectivity index (χ0) is 28.4. The lowest BCUT2D eigenvalue weighted by Gasteiger charge is -2.39. The van der Waals surface area contributed by atoms with Crippen LogP contribution in [0.1, 0.15) is 26.3 Å². The number of Topliss-reactive ketones (excluding diaryl/α,β-unsaturated/α-hetero) is 1. The van der Waals surface area contributed by atoms with Crippen LogP contribution in [0.25, 0.3) is 10.9 Å². The van der Waals surface area contributed by atoms with E-state index in [1.54, 1.807) is 65.6 Å². The second-order valence-corrected chi connectivity index (χ2v) is 11.3. The lowest BCUT2D eigenvalue weighted by Crippen LogP contribution is -2.57. The Morgan fingerprint density at radius 2 is 1.70 bits per heavy atom. The molecule has 3 aromatic carbocycles. The van der Waals surface area contributed by atoms with Crippen LogP contribution in [-0.4, -0.2) is 66.5 Å². The van der Waals surface area contributed by atoms with E-state index in [0.29, 0.717) is 16.5 Å². The number of fused-ring (bicyclic) bond motifs is 1. The molecule has 9 nitrogen and oxygen atoms in total. The lowest BCUT2D eigenvalue weighted by molar-refractivity contribution is -0.129. The number of aryl methyl sites for hydroxylation is 1. The molecule has 0 spiro atoms. The fourth-order valence-corrected chi connectivity index (χ4v) is 5.88. The Bertz CT molecular complexity index is 1710. The van der Waals surface area contributed by atoms with Gasteiger partial charge in [0.2, 0.25) is 0 Å². The number of aromatic nitrogens is 1. The number of carbonyl (C=O) groups excluding carboxylic acids is 3. The molecule has 0 saturated carbocycles. The molecule has 4 aromatic rings. The molecular formula is C30H28N4O5S. The van der Waals surface area contributed by atoms with Gasteiger partial charge in [0.25, 0.3) is 27.6 Å². The Kier molecular flexibility index (Phi) is 7.27. The van der Waals surface area contributed by atoms with Crippen molar-refractivity contribution in [2.24, 2.45) is 0 Å². The van der Waals surface area contributed by atoms with Crippen molar-refractivity contribution in [1.29, 1.82) is 0 Å². The van der Waals surface area contributed by atoms with Crippen LogP contribution >= 0.6 is 0 Å². The average Bonchev–Trinajstić information content (AvgIpc) is 3.41. The Morgan fingerprint density at radius 1 is 0.975 bits per heavy atom. The van der Waals surface area contributed by atoms with Crippen LogP contribution in [0.5, 0.6) is 0 Å². The van der Waals surface area contributed by atoms with Gasteiger partial charge in [-0.25, -0.2) is 8.42 Å². The van der Waals surface area contributed by atoms with Gasteiger partial charge >= 0.3 is 0 Å². The van der Waals surface area contributed by atoms with E-state index in [-0.39, 0.29) is 41.7 Å². The number of hydrogen-bond acceptors (Lipinski definition) is 5. The van der Waals surface area contributed by atoms with Gasteiger partial charge in [0, 0.05) is 36.8 Å². The Balaban J connectivity index is 1.35. The van der Waals surface area contributed by atoms with Gasteiger partial charge in [-0.2, -0.15) is 0 Å². The van der Waals surface area contributed by atoms with Crippen LogP contribution in [0.4, 0.5) is 5.69 Å². The first-order valence-corrected chi connectivity index (χ1v) is 14.2. The molecule has 0 aliphatic carbocycles. The number of carbonyl (C=O) groups is 3. The monoisotopic (exact) mass is 556 g/mol. The zero-order valence-corrected chi connectivity index (χ0v) is 22.6. The van der Waals surface area contributed by atoms with Crippen molar-refractivity contribution in [2.45, 2.75) is 17.9 Å². The van der Waals surface area contributed by atoms with Crippen molar-refractivity contribution in [2.75, 3.05) is 24.4 Å². The van der Waals surface area contributed by atoms with E-state index < -0.39 is 27.8 Å². The van der Waals surface area contributed by atoms with Crippen molar-refractivity contribution in [3.8, 4) is 0 Å². The highest BCUT2D eigenvalue weighted by atomic mass is 32.2. The summed E-state index contributed by atoms with van der Waals surface area (Å²) in [5.74, 6) is -1.61. The summed E-state index contributed by atoms with van der Waals surface area (Å²) in [7, 11) is -3.88. The highest BCUT2D eigenvalue weighted by Crippen LogP contribution is 2.28. The van der Waals surface area contributed by atoms with E-state index in [1.165, 1.54) is 23.2 Å². The molecule has 0 radical (unpaired) electrons. The molecule has 1 aliphatic heterocycles. The topological polar surface area (TPSA) is 120 Å². The molecular weight excluding hydrogens is 528 g/mol. The largest absolute Gasteiger partial charge is 0.359 e. The van der Waals surface area contributed by atoms with Gasteiger partial charge in [0.1, 0.15) is 0 Å². The van der Waals surface area contributed by atoms with E-state index in [1.807, 2.05) is 13.0 Å². The molecule has 1 saturated heterocycles. The molecule has 2 heterocycles. The number of piperazine rings is 1. The normalized spacial score (nSPS) is 15.6. The summed E-state index contributed by atoms with van der Waals surface area (Å²) in [5, 5.41) is 0.413. The summed E-state index contributed by atoms with van der Waals surface area (Å²) in [6.45, 7) is 6.34. The predicted molar refractivity (Wildman–Crippen MR) is 153 cm³/mol. The van der Waals surface area contributed by atoms with Crippen LogP contribution in [-0.2, 0) is 14.8 Å². The maximum absolute atomic E-state index is 13.4. The maximum atomic E-state index is 13.4. The number of nitrogens with zero attached hydrogens (tertiary/aromatic N) is 2. The number of anilines is 1. The van der Waals surface area contributed by atoms with E-state index in [4.69, 9.17) is 0 Å². The quantitative estimate of drug-likeness (QED) is 0.203. The van der Waals surface area contributed by atoms with Gasteiger partial charge in [-0.15, -0.1) is 6.58 Å². The van der Waals surface area contributed by atoms with Crippen molar-refractivity contribution in [3.63, 3.8) is 0 Å². The molecule has 0 bridgehead atoms. The van der Waals surface area contributed by atoms with Crippen molar-refractivity contribution in [3.05, 3.63) is 108 Å². The Morgan fingerprint density at radius 3 is 2.40 bits per heavy atom. The fraction of sp³-hybridized carbons (Fsp3) is 0.167. The van der Waals surface area contributed by atoms with Gasteiger partial charge in [0.05, 0.1) is 27.7 Å². The minimum atomic E-state index is -3.88. The first kappa shape index (κ1) is 26.9. The second kappa shape index (κ2) is 10.8. The van der Waals surface area contributed by atoms with Crippen LogP contribution in [0, 0.1) is 6.92 Å². The number of nitrogens with one attached hydrogen (secondary N) is 2. The first-order valence-electron chi connectivity index (χ1n) is 12.7. The van der Waals surface area contributed by atoms with Gasteiger partial charge in [0.15, 0.2) is 0 Å². The Hall–Kier alpha value is -4.70. The summed E-state index contributed by atoms with van der Waals surface area (Å²) in [6, 6.07) is 19.6. The highest BCUT2D eigenvalue weighted by molar-refractivity contribution is 7.92. The molecule has 1 aliphatic rings. The molecule has 1 unspecified atom stereocenters. The summed E-state index contributed by atoms with van der Waals surface area (Å²) in [5.41, 5.74) is 2.24. The number of benzene rings is 3. The van der Waals surface area contributed by atoms with Crippen LogP contribution in [0.3, 0.4) is 0 Å². The lowest BCUT2D eigenvalue weighted by atomic mass is 10.0. The second-order valence-electron chi connectivity index (χ2n) is 9.60. The third-order valence-electron chi connectivity index (χ3n) is 6.99. The molecule has 40 heavy (non-hydrogen) atoms. The molecule has 10 heteroatoms. The third-order valence-corrected chi connectivity index (χ3v) is 8.37. The van der Waals surface area contributed by atoms with E-state index in [9.17, 15) is 22.8 Å². The van der Waals surface area contributed by atoms with Crippen molar-refractivity contribution < 1.29 is 22.8 Å². The summed E-state index contributed by atoms with van der Waals surface area (Å²) < 4.78 is 28.5. The predicted octanol–water partition coefficient (Wildman–Crippen LogP) is 4.00. The minimum absolute atomic E-state index is 0.105. The SMILES string of the molecule is C=CC1CN(C(=O)c2ccccc2)CCN1C(=O)C(=O)c1c[nH]c2c(NS(=O)(=O)c3ccc(C)cc3)cccc12. The first-order chi connectivity index (χ1) is 19.2. The molecule has 5 rings (SSSR count). The molecule has 2 N–H and O–H groups in total. The van der Waals surface area contributed by atoms with Gasteiger partial charge in [-0.05, 0) is 37.3 Å². The van der Waals surface area contributed by atoms with Gasteiger partial charge in [-0.1, -0.05) is 54.1 Å². The van der Waals surface area contributed by atoms with Crippen LogP contribution < -0.4 is 4.72 Å². The van der Waals surface area contributed by atoms with E-state index >= 15 is 0 Å². The number of H-pyrrole nitrogens is 1. The average molecular weight is 557 g/mol. The highest BCUT2D eigenvalue weighted by Gasteiger charge is 2.35. The molecule has 2 amide bonds. The fourth-order valence-electron chi connectivity index (χ4n) is 4.81. The van der Waals surface area contributed by atoms with Gasteiger partial charge in [-0.3, -0.25) is 19.1 Å². The van der Waals surface area contributed by atoms with Crippen molar-refractivity contribution >= 4 is 44.2 Å². The third kappa shape index (κ3) is 5.13. The maximum Gasteiger partial charge on any atom is 0.295 e. The van der Waals surface area contributed by atoms with Gasteiger partial charge < -0.3 is 14.8 Å². The molecule has 1 fully saturated rings. The number of aromatic amines is 1. The number of ketones is 1.